The monoisotopic (exact) mass is 350 g/mol. The number of fused-ring (bicyclic) bond motifs is 1. The zero-order valence-corrected chi connectivity index (χ0v) is 14.2. The van der Waals surface area contributed by atoms with Gasteiger partial charge in [0.05, 0.1) is 11.0 Å². The molecular formula is C20H18N2O4. The molecule has 0 spiro atoms. The summed E-state index contributed by atoms with van der Waals surface area (Å²) in [5.74, 6) is 0.146. The molecule has 1 amide bonds. The Balaban J connectivity index is 1.57. The van der Waals surface area contributed by atoms with Gasteiger partial charge in [0.15, 0.2) is 6.61 Å². The van der Waals surface area contributed by atoms with E-state index in [0.717, 1.165) is 16.3 Å². The van der Waals surface area contributed by atoms with Crippen LogP contribution in [0.5, 0.6) is 5.75 Å². The molecule has 0 saturated heterocycles. The topological polar surface area (TPSA) is 81.5 Å². The normalized spacial score (nSPS) is 11.7. The lowest BCUT2D eigenvalue weighted by molar-refractivity contribution is -0.384. The third kappa shape index (κ3) is 4.16. The summed E-state index contributed by atoms with van der Waals surface area (Å²) < 4.78 is 5.37. The second kappa shape index (κ2) is 7.65. The van der Waals surface area contributed by atoms with E-state index in [1.807, 2.05) is 43.3 Å². The highest BCUT2D eigenvalue weighted by Gasteiger charge is 2.11. The molecule has 1 N–H and O–H groups in total. The second-order valence-corrected chi connectivity index (χ2v) is 5.94. The van der Waals surface area contributed by atoms with E-state index >= 15 is 0 Å². The molecule has 1 atom stereocenters. The summed E-state index contributed by atoms with van der Waals surface area (Å²) in [5.41, 5.74) is 0.985. The van der Waals surface area contributed by atoms with Gasteiger partial charge in [-0.05, 0) is 41.5 Å². The van der Waals surface area contributed by atoms with Crippen LogP contribution in [0.2, 0.25) is 0 Å². The first-order valence-electron chi connectivity index (χ1n) is 8.18. The Labute approximate surface area is 150 Å². The van der Waals surface area contributed by atoms with Crippen molar-refractivity contribution >= 4 is 22.4 Å². The van der Waals surface area contributed by atoms with E-state index in [2.05, 4.69) is 11.4 Å². The molecule has 0 aliphatic carbocycles. The van der Waals surface area contributed by atoms with Crippen LogP contribution in [0.25, 0.3) is 10.8 Å². The van der Waals surface area contributed by atoms with Crippen molar-refractivity contribution in [2.24, 2.45) is 0 Å². The number of rotatable bonds is 6. The van der Waals surface area contributed by atoms with Crippen molar-refractivity contribution in [2.75, 3.05) is 6.61 Å². The smallest absolute Gasteiger partial charge is 0.269 e. The number of carbonyl (C=O) groups excluding carboxylic acids is 1. The Bertz CT molecular complexity index is 938. The number of hydrogen-bond donors (Lipinski definition) is 1. The lowest BCUT2D eigenvalue weighted by Crippen LogP contribution is -2.31. The number of nitro benzene ring substituents is 1. The zero-order chi connectivity index (χ0) is 18.5. The van der Waals surface area contributed by atoms with Crippen LogP contribution in [-0.4, -0.2) is 17.4 Å². The predicted molar refractivity (Wildman–Crippen MR) is 99.1 cm³/mol. The van der Waals surface area contributed by atoms with Crippen LogP contribution in [0.4, 0.5) is 5.69 Å². The quantitative estimate of drug-likeness (QED) is 0.538. The summed E-state index contributed by atoms with van der Waals surface area (Å²) >= 11 is 0. The van der Waals surface area contributed by atoms with E-state index < -0.39 is 4.92 Å². The van der Waals surface area contributed by atoms with Crippen molar-refractivity contribution in [1.29, 1.82) is 0 Å². The molecule has 0 fully saturated rings. The van der Waals surface area contributed by atoms with Gasteiger partial charge < -0.3 is 10.1 Å². The average molecular weight is 350 g/mol. The van der Waals surface area contributed by atoms with Crippen LogP contribution >= 0.6 is 0 Å². The first-order valence-corrected chi connectivity index (χ1v) is 8.18. The molecule has 3 aromatic rings. The van der Waals surface area contributed by atoms with Crippen molar-refractivity contribution in [2.45, 2.75) is 13.0 Å². The molecule has 3 rings (SSSR count). The summed E-state index contributed by atoms with van der Waals surface area (Å²) in [5, 5.41) is 15.8. The van der Waals surface area contributed by atoms with Gasteiger partial charge in [-0.25, -0.2) is 0 Å². The summed E-state index contributed by atoms with van der Waals surface area (Å²) in [6.45, 7) is 1.75. The van der Waals surface area contributed by atoms with Gasteiger partial charge >= 0.3 is 0 Å². The predicted octanol–water partition coefficient (Wildman–Crippen LogP) is 4.00. The largest absolute Gasteiger partial charge is 0.484 e. The number of nitrogens with zero attached hydrogens (tertiary/aromatic N) is 1. The molecule has 1 unspecified atom stereocenters. The molecule has 132 valence electrons. The maximum absolute atomic E-state index is 12.1. The van der Waals surface area contributed by atoms with Gasteiger partial charge in [-0.1, -0.05) is 36.4 Å². The fourth-order valence-corrected chi connectivity index (χ4v) is 2.66. The third-order valence-electron chi connectivity index (χ3n) is 4.07. The summed E-state index contributed by atoms with van der Waals surface area (Å²) in [6.07, 6.45) is 0. The van der Waals surface area contributed by atoms with Crippen LogP contribution in [0.3, 0.4) is 0 Å². The first kappa shape index (κ1) is 17.4. The first-order chi connectivity index (χ1) is 12.5. The van der Waals surface area contributed by atoms with Crippen LogP contribution in [0.15, 0.2) is 66.7 Å². The van der Waals surface area contributed by atoms with Crippen molar-refractivity contribution in [3.63, 3.8) is 0 Å². The molecule has 0 aliphatic heterocycles. The van der Waals surface area contributed by atoms with E-state index in [9.17, 15) is 14.9 Å². The Morgan fingerprint density at radius 3 is 2.46 bits per heavy atom. The Hall–Kier alpha value is -3.41. The van der Waals surface area contributed by atoms with Gasteiger partial charge in [0.2, 0.25) is 0 Å². The highest BCUT2D eigenvalue weighted by Crippen LogP contribution is 2.20. The van der Waals surface area contributed by atoms with Crippen LogP contribution < -0.4 is 10.1 Å². The number of amides is 1. The van der Waals surface area contributed by atoms with Crippen molar-refractivity contribution < 1.29 is 14.5 Å². The molecule has 26 heavy (non-hydrogen) atoms. The molecular weight excluding hydrogens is 332 g/mol. The molecule has 6 nitrogen and oxygen atoms in total. The fourth-order valence-electron chi connectivity index (χ4n) is 2.66. The highest BCUT2D eigenvalue weighted by atomic mass is 16.6. The van der Waals surface area contributed by atoms with E-state index in [4.69, 9.17) is 4.74 Å². The van der Waals surface area contributed by atoms with E-state index in [1.165, 1.54) is 24.3 Å². The van der Waals surface area contributed by atoms with Gasteiger partial charge in [0.1, 0.15) is 5.75 Å². The number of non-ortho nitro benzene ring substituents is 1. The standard InChI is InChI=1S/C20H18N2O4/c1-14(16-7-6-15-4-2-3-5-17(15)12-16)21-20(23)13-26-19-10-8-18(9-11-19)22(24)25/h2-12,14H,13H2,1H3,(H,21,23). The van der Waals surface area contributed by atoms with Crippen molar-refractivity contribution in [3.8, 4) is 5.75 Å². The van der Waals surface area contributed by atoms with Crippen LogP contribution in [0.1, 0.15) is 18.5 Å². The van der Waals surface area contributed by atoms with Gasteiger partial charge in [-0.3, -0.25) is 14.9 Å². The van der Waals surface area contributed by atoms with E-state index in [1.54, 1.807) is 0 Å². The molecule has 0 saturated carbocycles. The van der Waals surface area contributed by atoms with Gasteiger partial charge in [-0.2, -0.15) is 0 Å². The number of nitrogens with one attached hydrogen (secondary N) is 1. The zero-order valence-electron chi connectivity index (χ0n) is 14.2. The number of hydrogen-bond acceptors (Lipinski definition) is 4. The molecule has 0 aliphatic rings. The molecule has 0 aromatic heterocycles. The molecule has 0 radical (unpaired) electrons. The van der Waals surface area contributed by atoms with Crippen molar-refractivity contribution in [3.05, 3.63) is 82.4 Å². The van der Waals surface area contributed by atoms with Crippen LogP contribution in [0, 0.1) is 10.1 Å². The average Bonchev–Trinajstić information content (AvgIpc) is 2.66. The molecule has 0 bridgehead atoms. The minimum Gasteiger partial charge on any atom is -0.484 e. The lowest BCUT2D eigenvalue weighted by Gasteiger charge is -2.15. The molecule has 0 heterocycles. The van der Waals surface area contributed by atoms with E-state index in [0.29, 0.717) is 5.75 Å². The Kier molecular flexibility index (Phi) is 5.12. The van der Waals surface area contributed by atoms with Crippen molar-refractivity contribution in [1.82, 2.24) is 5.32 Å². The van der Waals surface area contributed by atoms with E-state index in [-0.39, 0.29) is 24.2 Å². The molecule has 3 aromatic carbocycles. The highest BCUT2D eigenvalue weighted by molar-refractivity contribution is 5.83. The number of carbonyl (C=O) groups is 1. The number of nitro groups is 1. The van der Waals surface area contributed by atoms with Gasteiger partial charge in [0, 0.05) is 12.1 Å². The lowest BCUT2D eigenvalue weighted by atomic mass is 10.0. The third-order valence-corrected chi connectivity index (χ3v) is 4.07. The minimum atomic E-state index is -0.484. The number of benzene rings is 3. The summed E-state index contributed by atoms with van der Waals surface area (Å²) in [7, 11) is 0. The summed E-state index contributed by atoms with van der Waals surface area (Å²) in [6, 6.07) is 19.6. The SMILES string of the molecule is CC(NC(=O)COc1ccc([N+](=O)[O-])cc1)c1ccc2ccccc2c1. The Morgan fingerprint density at radius 2 is 1.77 bits per heavy atom. The maximum Gasteiger partial charge on any atom is 0.269 e. The number of ether oxygens (including phenoxy) is 1. The van der Waals surface area contributed by atoms with Gasteiger partial charge in [-0.15, -0.1) is 0 Å². The van der Waals surface area contributed by atoms with Gasteiger partial charge in [0.25, 0.3) is 11.6 Å². The summed E-state index contributed by atoms with van der Waals surface area (Å²) in [4.78, 5) is 22.2. The Morgan fingerprint density at radius 1 is 1.08 bits per heavy atom. The minimum absolute atomic E-state index is 0.0215. The maximum atomic E-state index is 12.1. The fraction of sp³-hybridized carbons (Fsp3) is 0.150. The second-order valence-electron chi connectivity index (χ2n) is 5.94. The van der Waals surface area contributed by atoms with Crippen LogP contribution in [-0.2, 0) is 4.79 Å². The molecule has 6 heteroatoms.